The van der Waals surface area contributed by atoms with Crippen LogP contribution in [0, 0.1) is 0 Å². The van der Waals surface area contributed by atoms with Gasteiger partial charge in [-0.3, -0.25) is 0 Å². The third-order valence-corrected chi connectivity index (χ3v) is 6.99. The maximum Gasteiger partial charge on any atom is 0.282 e. The molecule has 0 saturated carbocycles. The number of ether oxygens (including phenoxy) is 2. The summed E-state index contributed by atoms with van der Waals surface area (Å²) in [5.74, 6) is 1.39. The van der Waals surface area contributed by atoms with Crippen LogP contribution in [0.1, 0.15) is 43.7 Å². The van der Waals surface area contributed by atoms with Gasteiger partial charge in [-0.2, -0.15) is 17.0 Å². The Labute approximate surface area is 144 Å². The second kappa shape index (κ2) is 7.29. The Kier molecular flexibility index (Phi) is 5.32. The highest BCUT2D eigenvalue weighted by molar-refractivity contribution is 7.86. The molecule has 3 rings (SSSR count). The van der Waals surface area contributed by atoms with E-state index in [9.17, 15) is 8.42 Å². The third kappa shape index (κ3) is 3.25. The number of nitrogens with zero attached hydrogens (tertiary/aromatic N) is 2. The van der Waals surface area contributed by atoms with Crippen molar-refractivity contribution in [2.75, 3.05) is 33.9 Å². The minimum atomic E-state index is -3.42. The number of methoxy groups -OCH3 is 2. The van der Waals surface area contributed by atoms with E-state index in [1.54, 1.807) is 22.8 Å². The Hall–Kier alpha value is -1.31. The van der Waals surface area contributed by atoms with Gasteiger partial charge in [0.2, 0.25) is 0 Å². The summed E-state index contributed by atoms with van der Waals surface area (Å²) in [5.41, 5.74) is 0.913. The highest BCUT2D eigenvalue weighted by atomic mass is 32.2. The molecule has 0 radical (unpaired) electrons. The maximum absolute atomic E-state index is 13.1. The van der Waals surface area contributed by atoms with Gasteiger partial charge in [0, 0.05) is 31.3 Å². The third-order valence-electron chi connectivity index (χ3n) is 4.94. The average molecular weight is 354 g/mol. The van der Waals surface area contributed by atoms with E-state index >= 15 is 0 Å². The number of benzene rings is 1. The second-order valence-electron chi connectivity index (χ2n) is 6.34. The molecule has 0 N–H and O–H groups in total. The molecular weight excluding hydrogens is 328 g/mol. The van der Waals surface area contributed by atoms with Gasteiger partial charge in [-0.25, -0.2) is 0 Å². The van der Waals surface area contributed by atoms with Crippen LogP contribution in [0.3, 0.4) is 0 Å². The molecule has 1 aromatic rings. The van der Waals surface area contributed by atoms with Gasteiger partial charge in [-0.15, -0.1) is 0 Å². The Balaban J connectivity index is 1.90. The van der Waals surface area contributed by atoms with Crippen LogP contribution in [-0.2, 0) is 10.2 Å². The van der Waals surface area contributed by atoms with E-state index in [0.29, 0.717) is 31.1 Å². The molecule has 0 aliphatic carbocycles. The van der Waals surface area contributed by atoms with Gasteiger partial charge in [0.25, 0.3) is 10.2 Å². The SMILES string of the molecule is COc1ccc([C@H]2CCCN2S(=O)(=O)N2CCCCC2)c(OC)c1. The quantitative estimate of drug-likeness (QED) is 0.815. The van der Waals surface area contributed by atoms with Crippen LogP contribution in [-0.4, -0.2) is 50.9 Å². The van der Waals surface area contributed by atoms with Crippen LogP contribution in [0.15, 0.2) is 18.2 Å². The Morgan fingerprint density at radius 3 is 2.42 bits per heavy atom. The number of piperidine rings is 1. The van der Waals surface area contributed by atoms with Crippen LogP contribution in [0.5, 0.6) is 11.5 Å². The fourth-order valence-electron chi connectivity index (χ4n) is 3.66. The summed E-state index contributed by atoms with van der Waals surface area (Å²) in [6, 6.07) is 5.44. The summed E-state index contributed by atoms with van der Waals surface area (Å²) in [4.78, 5) is 0. The van der Waals surface area contributed by atoms with Gasteiger partial charge in [-0.05, 0) is 31.7 Å². The number of rotatable bonds is 5. The molecule has 0 bridgehead atoms. The summed E-state index contributed by atoms with van der Waals surface area (Å²) in [5, 5.41) is 0. The topological polar surface area (TPSA) is 59.1 Å². The largest absolute Gasteiger partial charge is 0.497 e. The van der Waals surface area contributed by atoms with Gasteiger partial charge in [0.15, 0.2) is 0 Å². The predicted octanol–water partition coefficient (Wildman–Crippen LogP) is 2.57. The molecule has 2 aliphatic heterocycles. The lowest BCUT2D eigenvalue weighted by molar-refractivity contribution is 0.293. The van der Waals surface area contributed by atoms with Crippen molar-refractivity contribution in [3.63, 3.8) is 0 Å². The van der Waals surface area contributed by atoms with Crippen LogP contribution < -0.4 is 9.47 Å². The monoisotopic (exact) mass is 354 g/mol. The summed E-state index contributed by atoms with van der Waals surface area (Å²) >= 11 is 0. The smallest absolute Gasteiger partial charge is 0.282 e. The van der Waals surface area contributed by atoms with E-state index in [2.05, 4.69) is 0 Å². The summed E-state index contributed by atoms with van der Waals surface area (Å²) in [7, 11) is -0.204. The standard InChI is InChI=1S/C17H26N2O4S/c1-22-14-8-9-15(17(13-14)23-2)16-7-6-12-19(16)24(20,21)18-10-4-3-5-11-18/h8-9,13,16H,3-7,10-12H2,1-2H3/t16-/m1/s1. The molecule has 24 heavy (non-hydrogen) atoms. The highest BCUT2D eigenvalue weighted by Crippen LogP contribution is 2.41. The molecule has 2 fully saturated rings. The Morgan fingerprint density at radius 1 is 1.00 bits per heavy atom. The van der Waals surface area contributed by atoms with Crippen molar-refractivity contribution in [2.45, 2.75) is 38.1 Å². The minimum absolute atomic E-state index is 0.169. The molecule has 1 aromatic carbocycles. The first-order valence-corrected chi connectivity index (χ1v) is 9.96. The second-order valence-corrected chi connectivity index (χ2v) is 8.23. The molecule has 2 heterocycles. The first-order chi connectivity index (χ1) is 11.6. The van der Waals surface area contributed by atoms with E-state index in [1.165, 1.54) is 0 Å². The molecule has 134 valence electrons. The maximum atomic E-state index is 13.1. The van der Waals surface area contributed by atoms with Crippen molar-refractivity contribution in [1.29, 1.82) is 0 Å². The zero-order chi connectivity index (χ0) is 17.2. The van der Waals surface area contributed by atoms with E-state index in [1.807, 2.05) is 18.2 Å². The molecule has 0 aromatic heterocycles. The average Bonchev–Trinajstić information content (AvgIpc) is 3.12. The van der Waals surface area contributed by atoms with Crippen LogP contribution in [0.2, 0.25) is 0 Å². The van der Waals surface area contributed by atoms with E-state index in [0.717, 1.165) is 37.7 Å². The number of hydrogen-bond acceptors (Lipinski definition) is 4. The van der Waals surface area contributed by atoms with Gasteiger partial charge in [0.05, 0.1) is 20.3 Å². The normalized spacial score (nSPS) is 23.3. The first kappa shape index (κ1) is 17.5. The lowest BCUT2D eigenvalue weighted by Crippen LogP contribution is -2.45. The summed E-state index contributed by atoms with van der Waals surface area (Å²) < 4.78 is 40.2. The highest BCUT2D eigenvalue weighted by Gasteiger charge is 2.40. The fourth-order valence-corrected chi connectivity index (χ4v) is 5.58. The molecule has 2 aliphatic rings. The first-order valence-electron chi connectivity index (χ1n) is 8.57. The van der Waals surface area contributed by atoms with E-state index < -0.39 is 10.2 Å². The predicted molar refractivity (Wildman–Crippen MR) is 92.6 cm³/mol. The van der Waals surface area contributed by atoms with Crippen molar-refractivity contribution in [3.05, 3.63) is 23.8 Å². The van der Waals surface area contributed by atoms with Gasteiger partial charge < -0.3 is 9.47 Å². The molecule has 6 nitrogen and oxygen atoms in total. The molecular formula is C17H26N2O4S. The zero-order valence-corrected chi connectivity index (χ0v) is 15.2. The van der Waals surface area contributed by atoms with E-state index in [4.69, 9.17) is 9.47 Å². The number of hydrogen-bond donors (Lipinski definition) is 0. The van der Waals surface area contributed by atoms with Crippen molar-refractivity contribution >= 4 is 10.2 Å². The van der Waals surface area contributed by atoms with E-state index in [-0.39, 0.29) is 6.04 Å². The van der Waals surface area contributed by atoms with Gasteiger partial charge >= 0.3 is 0 Å². The molecule has 0 unspecified atom stereocenters. The van der Waals surface area contributed by atoms with Crippen molar-refractivity contribution in [3.8, 4) is 11.5 Å². The molecule has 7 heteroatoms. The summed E-state index contributed by atoms with van der Waals surface area (Å²) in [6.07, 6.45) is 4.69. The molecule has 0 spiro atoms. The molecule has 0 amide bonds. The summed E-state index contributed by atoms with van der Waals surface area (Å²) in [6.45, 7) is 1.83. The van der Waals surface area contributed by atoms with Crippen LogP contribution >= 0.6 is 0 Å². The molecule has 2 saturated heterocycles. The van der Waals surface area contributed by atoms with Crippen molar-refractivity contribution in [1.82, 2.24) is 8.61 Å². The van der Waals surface area contributed by atoms with Gasteiger partial charge in [-0.1, -0.05) is 12.5 Å². The Bertz CT molecular complexity index is 671. The van der Waals surface area contributed by atoms with Gasteiger partial charge in [0.1, 0.15) is 11.5 Å². The lowest BCUT2D eigenvalue weighted by atomic mass is 10.0. The van der Waals surface area contributed by atoms with Crippen LogP contribution in [0.25, 0.3) is 0 Å². The lowest BCUT2D eigenvalue weighted by Gasteiger charge is -2.33. The Morgan fingerprint density at radius 2 is 1.75 bits per heavy atom. The van der Waals surface area contributed by atoms with Crippen molar-refractivity contribution < 1.29 is 17.9 Å². The zero-order valence-electron chi connectivity index (χ0n) is 14.4. The minimum Gasteiger partial charge on any atom is -0.497 e. The fraction of sp³-hybridized carbons (Fsp3) is 0.647. The molecule has 1 atom stereocenters. The van der Waals surface area contributed by atoms with Crippen LogP contribution in [0.4, 0.5) is 0 Å². The van der Waals surface area contributed by atoms with Crippen molar-refractivity contribution in [2.24, 2.45) is 0 Å².